The van der Waals surface area contributed by atoms with Crippen molar-refractivity contribution in [3.8, 4) is 0 Å². The molecular weight excluding hydrogens is 254 g/mol. The molecule has 0 aliphatic rings. The van der Waals surface area contributed by atoms with Gasteiger partial charge in [-0.25, -0.2) is 0 Å². The first kappa shape index (κ1) is 37.5. The average molecular weight is 266 g/mol. The first-order valence-corrected chi connectivity index (χ1v) is 2.68. The standard InChI is InChI=1S/Al.Fe.K.Mg.H4O4Si.H2O.6H/c;;;;1-5(2,3)4;;;;;;;/h;;;;1-4H;1H2;;;;;;. The molecule has 0 bridgehead atoms. The van der Waals surface area contributed by atoms with Gasteiger partial charge in [-0.15, -0.1) is 0 Å². The smallest absolute Gasteiger partial charge is 0.316 e. The molecule has 0 atom stereocenters. The summed E-state index contributed by atoms with van der Waals surface area (Å²) in [7, 11) is -4.61. The fraction of sp³-hybridized carbons (Fsp3) is 0. The summed E-state index contributed by atoms with van der Waals surface area (Å²) in [6.45, 7) is 0. The van der Waals surface area contributed by atoms with E-state index in [1.54, 1.807) is 0 Å². The van der Waals surface area contributed by atoms with E-state index in [0.29, 0.717) is 0 Å². The Morgan fingerprint density at radius 3 is 0.900 bits per heavy atom. The molecule has 5 nitrogen and oxygen atoms in total. The van der Waals surface area contributed by atoms with Gasteiger partial charge in [-0.1, -0.05) is 0 Å². The van der Waals surface area contributed by atoms with E-state index < -0.39 is 9.05 Å². The molecular formula is H12AlFeKMgO5Si. The third kappa shape index (κ3) is 104. The molecule has 0 unspecified atom stereocenters. The van der Waals surface area contributed by atoms with Gasteiger partial charge in [0, 0.05) is 17.1 Å². The Balaban J connectivity index is -0.00000000800. The summed E-state index contributed by atoms with van der Waals surface area (Å²) in [5.74, 6) is 0. The van der Waals surface area contributed by atoms with Crippen molar-refractivity contribution in [3.63, 3.8) is 0 Å². The van der Waals surface area contributed by atoms with Crippen molar-refractivity contribution in [3.05, 3.63) is 0 Å². The van der Waals surface area contributed by atoms with Gasteiger partial charge < -0.3 is 24.7 Å². The molecule has 0 aromatic carbocycles. The van der Waals surface area contributed by atoms with E-state index in [2.05, 4.69) is 0 Å². The monoisotopic (exact) mass is 266 g/mol. The van der Waals surface area contributed by atoms with E-state index in [4.69, 9.17) is 19.2 Å². The third-order valence-electron chi connectivity index (χ3n) is 0. The largest absolute Gasteiger partial charge is 0.316 e. The van der Waals surface area contributed by atoms with Gasteiger partial charge in [0.15, 0.2) is 17.4 Å². The van der Waals surface area contributed by atoms with Crippen LogP contribution >= 0.6 is 0 Å². The van der Waals surface area contributed by atoms with Crippen LogP contribution in [0.15, 0.2) is 0 Å². The number of rotatable bonds is 0. The van der Waals surface area contributed by atoms with Crippen LogP contribution in [0.3, 0.4) is 0 Å². The number of hydrogen-bond acceptors (Lipinski definition) is 4. The summed E-state index contributed by atoms with van der Waals surface area (Å²) in [6.07, 6.45) is 0. The fourth-order valence-electron chi connectivity index (χ4n) is 0. The van der Waals surface area contributed by atoms with Crippen molar-refractivity contribution >= 4 is 101 Å². The van der Waals surface area contributed by atoms with Crippen LogP contribution in [0, 0.1) is 0 Å². The Hall–Kier alpha value is 3.47. The van der Waals surface area contributed by atoms with Gasteiger partial charge in [0.2, 0.25) is 0 Å². The predicted octanol–water partition coefficient (Wildman–Crippen LogP) is -6.18. The van der Waals surface area contributed by atoms with Crippen LogP contribution in [0.2, 0.25) is 0 Å². The topological polar surface area (TPSA) is 112 Å². The van der Waals surface area contributed by atoms with Gasteiger partial charge in [0.25, 0.3) is 0 Å². The van der Waals surface area contributed by atoms with Crippen molar-refractivity contribution in [1.29, 1.82) is 0 Å². The maximum Gasteiger partial charge on any atom is 0.316 e. The molecule has 0 aromatic rings. The van der Waals surface area contributed by atoms with Crippen molar-refractivity contribution < 1.29 is 41.7 Å². The van der Waals surface area contributed by atoms with Gasteiger partial charge in [-0.3, -0.25) is 0 Å². The van der Waals surface area contributed by atoms with Crippen molar-refractivity contribution in [2.24, 2.45) is 0 Å². The summed E-state index contributed by atoms with van der Waals surface area (Å²) in [4.78, 5) is 29.3. The molecule has 10 heteroatoms. The molecule has 0 aliphatic heterocycles. The SMILES string of the molecule is O.O[Si](O)(O)O.[AlH3].[Fe].[KH].[MgH2]. The molecule has 0 heterocycles. The van der Waals surface area contributed by atoms with Crippen LogP contribution in [0.4, 0.5) is 0 Å². The van der Waals surface area contributed by atoms with Gasteiger partial charge >= 0.3 is 83.5 Å². The van der Waals surface area contributed by atoms with Crippen molar-refractivity contribution in [1.82, 2.24) is 0 Å². The quantitative estimate of drug-likeness (QED) is 0.327. The Morgan fingerprint density at radius 1 is 0.900 bits per heavy atom. The van der Waals surface area contributed by atoms with E-state index >= 15 is 0 Å². The van der Waals surface area contributed by atoms with E-state index in [0.717, 1.165) is 0 Å². The molecule has 0 fully saturated rings. The molecule has 6 N–H and O–H groups in total. The Labute approximate surface area is 140 Å². The first-order chi connectivity index (χ1) is 2.00. The maximum atomic E-state index is 7.33. The minimum Gasteiger partial charge on any atom is 0.316 e. The van der Waals surface area contributed by atoms with Crippen LogP contribution in [-0.4, -0.2) is 126 Å². The molecule has 60 valence electrons. The zero-order chi connectivity index (χ0) is 4.50. The minimum atomic E-state index is -4.61. The molecule has 0 saturated carbocycles. The summed E-state index contributed by atoms with van der Waals surface area (Å²) < 4.78 is 0. The maximum absolute atomic E-state index is 7.33. The normalized spacial score (nSPS) is 6.00. The second-order valence-electron chi connectivity index (χ2n) is 0.600. The molecule has 10 heavy (non-hydrogen) atoms. The molecule has 0 rings (SSSR count). The zero-order valence-electron chi connectivity index (χ0n) is 3.14. The summed E-state index contributed by atoms with van der Waals surface area (Å²) in [6, 6.07) is 0. The fourth-order valence-corrected chi connectivity index (χ4v) is 0. The summed E-state index contributed by atoms with van der Waals surface area (Å²) in [5.41, 5.74) is 0. The Bertz CT molecular complexity index is 37.1. The van der Waals surface area contributed by atoms with Gasteiger partial charge in [0.1, 0.15) is 0 Å². The summed E-state index contributed by atoms with van der Waals surface area (Å²) >= 11 is 0. The molecule has 0 amide bonds. The molecule has 0 aliphatic carbocycles. The third-order valence-corrected chi connectivity index (χ3v) is 0. The van der Waals surface area contributed by atoms with Crippen LogP contribution < -0.4 is 0 Å². The second kappa shape index (κ2) is 18.3. The van der Waals surface area contributed by atoms with Gasteiger partial charge in [-0.05, 0) is 0 Å². The van der Waals surface area contributed by atoms with Crippen LogP contribution in [0.5, 0.6) is 0 Å². The van der Waals surface area contributed by atoms with Crippen molar-refractivity contribution in [2.75, 3.05) is 0 Å². The second-order valence-corrected chi connectivity index (χ2v) is 1.80. The van der Waals surface area contributed by atoms with E-state index in [9.17, 15) is 0 Å². The first-order valence-electron chi connectivity index (χ1n) is 0.894. The molecule has 0 aromatic heterocycles. The molecule has 0 saturated heterocycles. The van der Waals surface area contributed by atoms with Gasteiger partial charge in [0.05, 0.1) is 0 Å². The minimum absolute atomic E-state index is 0. The molecule has 0 radical (unpaired) electrons. The van der Waals surface area contributed by atoms with Crippen LogP contribution in [0.25, 0.3) is 0 Å². The van der Waals surface area contributed by atoms with Crippen LogP contribution in [0.1, 0.15) is 0 Å². The Kier molecular flexibility index (Phi) is 68.7. The van der Waals surface area contributed by atoms with E-state index in [1.807, 2.05) is 0 Å². The number of hydrogen-bond donors (Lipinski definition) is 4. The molecule has 0 spiro atoms. The summed E-state index contributed by atoms with van der Waals surface area (Å²) in [5, 5.41) is 0. The zero-order valence-corrected chi connectivity index (χ0v) is 5.25. The van der Waals surface area contributed by atoms with E-state index in [1.165, 1.54) is 0 Å². The Morgan fingerprint density at radius 2 is 0.900 bits per heavy atom. The van der Waals surface area contributed by atoms with E-state index in [-0.39, 0.29) is 114 Å². The van der Waals surface area contributed by atoms with Gasteiger partial charge in [-0.2, -0.15) is 0 Å². The average Bonchev–Trinajstić information content (AvgIpc) is 0.722. The predicted molar refractivity (Wildman–Crippen MR) is 43.9 cm³/mol. The van der Waals surface area contributed by atoms with Crippen molar-refractivity contribution in [2.45, 2.75) is 0 Å². The van der Waals surface area contributed by atoms with Crippen LogP contribution in [-0.2, 0) is 17.1 Å².